The van der Waals surface area contributed by atoms with Gasteiger partial charge in [0.1, 0.15) is 11.0 Å². The van der Waals surface area contributed by atoms with Crippen LogP contribution in [0.2, 0.25) is 10.4 Å². The van der Waals surface area contributed by atoms with Crippen LogP contribution in [-0.4, -0.2) is 46.2 Å². The summed E-state index contributed by atoms with van der Waals surface area (Å²) in [6.45, 7) is 5.69. The molecule has 0 N–H and O–H groups in total. The minimum absolute atomic E-state index is 0.0103. The molecule has 0 unspecified atom stereocenters. The summed E-state index contributed by atoms with van der Waals surface area (Å²) in [7, 11) is 0. The molecule has 1 amide bonds. The lowest BCUT2D eigenvalue weighted by Gasteiger charge is -2.36. The molecule has 9 heteroatoms. The molecule has 2 atom stereocenters. The first-order valence-corrected chi connectivity index (χ1v) is 11.6. The number of fused-ring (bicyclic) bond motifs is 2. The van der Waals surface area contributed by atoms with Crippen molar-refractivity contribution >= 4 is 46.4 Å². The molecule has 2 aliphatic heterocycles. The van der Waals surface area contributed by atoms with Gasteiger partial charge in [0.15, 0.2) is 5.82 Å². The second kappa shape index (κ2) is 7.87. The van der Waals surface area contributed by atoms with E-state index < -0.39 is 5.41 Å². The number of ether oxygens (including phenoxy) is 1. The highest BCUT2D eigenvalue weighted by Gasteiger charge is 2.54. The van der Waals surface area contributed by atoms with Crippen molar-refractivity contribution in [2.24, 2.45) is 0 Å². The zero-order valence-electron chi connectivity index (χ0n) is 17.6. The predicted octanol–water partition coefficient (Wildman–Crippen LogP) is 4.67. The maximum atomic E-state index is 13.8. The van der Waals surface area contributed by atoms with Crippen LogP contribution in [0.25, 0.3) is 0 Å². The van der Waals surface area contributed by atoms with E-state index in [1.807, 2.05) is 12.1 Å². The second-order valence-corrected chi connectivity index (χ2v) is 9.50. The largest absolute Gasteiger partial charge is 0.372 e. The van der Waals surface area contributed by atoms with Gasteiger partial charge in [0.05, 0.1) is 29.5 Å². The van der Waals surface area contributed by atoms with Crippen molar-refractivity contribution in [3.63, 3.8) is 0 Å². The van der Waals surface area contributed by atoms with Gasteiger partial charge in [-0.1, -0.05) is 30.9 Å². The molecule has 7 nitrogen and oxygen atoms in total. The molecule has 1 aliphatic carbocycles. The number of halogens is 2. The number of pyridine rings is 1. The van der Waals surface area contributed by atoms with Crippen molar-refractivity contribution in [2.45, 2.75) is 63.6 Å². The van der Waals surface area contributed by atoms with Gasteiger partial charge >= 0.3 is 0 Å². The standard InChI is InChI=1S/C22H25Cl2N5O2/c1-13-11-28(12-14(2)31-13)16-7-6-15(10-25-16)29-19-17(18(23)26-21(24)27-19)22(20(29)30)8-4-3-5-9-22/h6-7,10,13-14H,3-5,8-9,11-12H2,1-2H3/t13-,14+. The minimum Gasteiger partial charge on any atom is -0.372 e. The maximum absolute atomic E-state index is 13.8. The molecule has 31 heavy (non-hydrogen) atoms. The number of hydrogen-bond donors (Lipinski definition) is 0. The van der Waals surface area contributed by atoms with E-state index in [0.717, 1.165) is 51.0 Å². The first kappa shape index (κ1) is 20.9. The smallest absolute Gasteiger partial charge is 0.243 e. The summed E-state index contributed by atoms with van der Waals surface area (Å²) >= 11 is 12.7. The molecule has 1 spiro atoms. The third-order valence-electron chi connectivity index (χ3n) is 6.56. The Morgan fingerprint density at radius 2 is 1.77 bits per heavy atom. The third kappa shape index (κ3) is 3.47. The lowest BCUT2D eigenvalue weighted by Crippen LogP contribution is -2.45. The number of aromatic nitrogens is 3. The van der Waals surface area contributed by atoms with E-state index in [2.05, 4.69) is 33.7 Å². The van der Waals surface area contributed by atoms with Crippen LogP contribution in [0.1, 0.15) is 51.5 Å². The molecule has 2 aromatic heterocycles. The monoisotopic (exact) mass is 461 g/mol. The van der Waals surface area contributed by atoms with Crippen LogP contribution in [0.5, 0.6) is 0 Å². The van der Waals surface area contributed by atoms with Gasteiger partial charge in [0, 0.05) is 18.7 Å². The average Bonchev–Trinajstić information content (AvgIpc) is 2.96. The lowest BCUT2D eigenvalue weighted by atomic mass is 9.71. The number of amides is 1. The van der Waals surface area contributed by atoms with E-state index in [9.17, 15) is 4.79 Å². The summed E-state index contributed by atoms with van der Waals surface area (Å²) in [6.07, 6.45) is 6.57. The van der Waals surface area contributed by atoms with Crippen molar-refractivity contribution in [3.05, 3.63) is 34.3 Å². The Bertz CT molecular complexity index is 1000. The molecule has 1 saturated carbocycles. The number of anilines is 3. The number of carbonyl (C=O) groups excluding carboxylic acids is 1. The molecule has 3 aliphatic rings. The van der Waals surface area contributed by atoms with E-state index >= 15 is 0 Å². The topological polar surface area (TPSA) is 71.5 Å². The lowest BCUT2D eigenvalue weighted by molar-refractivity contribution is -0.123. The SMILES string of the molecule is C[C@@H]1CN(c2ccc(N3C(=O)C4(CCCCC4)c4c(Cl)nc(Cl)nc43)cn2)C[C@H](C)O1. The highest BCUT2D eigenvalue weighted by Crippen LogP contribution is 2.53. The van der Waals surface area contributed by atoms with Crippen LogP contribution in [-0.2, 0) is 14.9 Å². The molecule has 1 saturated heterocycles. The molecular formula is C22H25Cl2N5O2. The van der Waals surface area contributed by atoms with Crippen LogP contribution in [0.3, 0.4) is 0 Å². The Hall–Kier alpha value is -1.96. The minimum atomic E-state index is -0.678. The Morgan fingerprint density at radius 1 is 1.06 bits per heavy atom. The highest BCUT2D eigenvalue weighted by atomic mass is 35.5. The number of morpholine rings is 1. The third-order valence-corrected chi connectivity index (χ3v) is 7.01. The summed E-state index contributed by atoms with van der Waals surface area (Å²) in [5, 5.41) is 0.309. The summed E-state index contributed by atoms with van der Waals surface area (Å²) in [6, 6.07) is 3.86. The Kier molecular flexibility index (Phi) is 5.31. The maximum Gasteiger partial charge on any atom is 0.243 e. The molecule has 4 heterocycles. The van der Waals surface area contributed by atoms with E-state index in [1.165, 1.54) is 0 Å². The van der Waals surface area contributed by atoms with Gasteiger partial charge in [-0.2, -0.15) is 4.98 Å². The van der Waals surface area contributed by atoms with Crippen LogP contribution in [0.4, 0.5) is 17.3 Å². The first-order chi connectivity index (χ1) is 14.9. The van der Waals surface area contributed by atoms with E-state index in [4.69, 9.17) is 27.9 Å². The fourth-order valence-electron chi connectivity index (χ4n) is 5.31. The molecule has 0 aromatic carbocycles. The molecular weight excluding hydrogens is 437 g/mol. The molecule has 164 valence electrons. The van der Waals surface area contributed by atoms with E-state index in [-0.39, 0.29) is 28.6 Å². The van der Waals surface area contributed by atoms with Gasteiger partial charge in [-0.15, -0.1) is 0 Å². The average molecular weight is 462 g/mol. The van der Waals surface area contributed by atoms with Crippen molar-refractivity contribution in [1.29, 1.82) is 0 Å². The van der Waals surface area contributed by atoms with E-state index in [1.54, 1.807) is 11.1 Å². The molecule has 0 radical (unpaired) electrons. The number of rotatable bonds is 2. The van der Waals surface area contributed by atoms with Gasteiger partial charge < -0.3 is 9.64 Å². The van der Waals surface area contributed by atoms with Gasteiger partial charge in [-0.25, -0.2) is 9.97 Å². The quantitative estimate of drug-likeness (QED) is 0.477. The Morgan fingerprint density at radius 3 is 2.42 bits per heavy atom. The van der Waals surface area contributed by atoms with E-state index in [0.29, 0.717) is 17.1 Å². The van der Waals surface area contributed by atoms with Crippen LogP contribution < -0.4 is 9.80 Å². The van der Waals surface area contributed by atoms with Crippen molar-refractivity contribution < 1.29 is 9.53 Å². The van der Waals surface area contributed by atoms with Gasteiger partial charge in [-0.05, 0) is 50.4 Å². The molecule has 2 aromatic rings. The first-order valence-electron chi connectivity index (χ1n) is 10.8. The fourth-order valence-corrected chi connectivity index (χ4v) is 5.86. The summed E-state index contributed by atoms with van der Waals surface area (Å²) in [5.41, 5.74) is 0.698. The van der Waals surface area contributed by atoms with Crippen LogP contribution >= 0.6 is 23.2 Å². The summed E-state index contributed by atoms with van der Waals surface area (Å²) < 4.78 is 5.82. The Balaban J connectivity index is 1.53. The summed E-state index contributed by atoms with van der Waals surface area (Å²) in [5.74, 6) is 1.34. The predicted molar refractivity (Wildman–Crippen MR) is 120 cm³/mol. The highest BCUT2D eigenvalue weighted by molar-refractivity contribution is 6.34. The van der Waals surface area contributed by atoms with Gasteiger partial charge in [0.2, 0.25) is 11.2 Å². The Labute approximate surface area is 191 Å². The van der Waals surface area contributed by atoms with Gasteiger partial charge in [-0.3, -0.25) is 9.69 Å². The normalized spacial score (nSPS) is 25.2. The summed E-state index contributed by atoms with van der Waals surface area (Å²) in [4.78, 5) is 30.9. The van der Waals surface area contributed by atoms with Gasteiger partial charge in [0.25, 0.3) is 0 Å². The zero-order valence-corrected chi connectivity index (χ0v) is 19.2. The number of nitrogens with zero attached hydrogens (tertiary/aromatic N) is 5. The number of carbonyl (C=O) groups is 1. The van der Waals surface area contributed by atoms with Crippen LogP contribution in [0, 0.1) is 0 Å². The van der Waals surface area contributed by atoms with Crippen molar-refractivity contribution in [3.8, 4) is 0 Å². The van der Waals surface area contributed by atoms with Crippen molar-refractivity contribution in [1.82, 2.24) is 15.0 Å². The molecule has 2 fully saturated rings. The molecule has 5 rings (SSSR count). The van der Waals surface area contributed by atoms with Crippen molar-refractivity contribution in [2.75, 3.05) is 22.9 Å². The number of hydrogen-bond acceptors (Lipinski definition) is 6. The molecule has 0 bridgehead atoms. The fraction of sp³-hybridized carbons (Fsp3) is 0.545. The zero-order chi connectivity index (χ0) is 21.8. The second-order valence-electron chi connectivity index (χ2n) is 8.80. The van der Waals surface area contributed by atoms with Crippen LogP contribution in [0.15, 0.2) is 18.3 Å².